The van der Waals surface area contributed by atoms with Crippen molar-refractivity contribution < 1.29 is 17.9 Å². The van der Waals surface area contributed by atoms with Gasteiger partial charge >= 0.3 is 0 Å². The monoisotopic (exact) mass is 340 g/mol. The predicted octanol–water partition coefficient (Wildman–Crippen LogP) is 1.98. The van der Waals surface area contributed by atoms with Crippen LogP contribution in [-0.4, -0.2) is 44.1 Å². The number of ether oxygens (including phenoxy) is 1. The van der Waals surface area contributed by atoms with Gasteiger partial charge in [-0.15, -0.1) is 0 Å². The Bertz CT molecular complexity index is 628. The van der Waals surface area contributed by atoms with Gasteiger partial charge in [0, 0.05) is 19.3 Å². The van der Waals surface area contributed by atoms with Crippen molar-refractivity contribution in [1.82, 2.24) is 4.31 Å². The summed E-state index contributed by atoms with van der Waals surface area (Å²) in [6.45, 7) is 2.76. The van der Waals surface area contributed by atoms with Gasteiger partial charge in [-0.25, -0.2) is 8.42 Å². The van der Waals surface area contributed by atoms with E-state index < -0.39 is 16.1 Å². The molecule has 0 bridgehead atoms. The highest BCUT2D eigenvalue weighted by molar-refractivity contribution is 7.89. The number of hydrogen-bond acceptors (Lipinski definition) is 4. The lowest BCUT2D eigenvalue weighted by Crippen LogP contribution is -2.44. The smallest absolute Gasteiger partial charge is 0.242 e. The molecule has 23 heavy (non-hydrogen) atoms. The van der Waals surface area contributed by atoms with Crippen LogP contribution in [0.1, 0.15) is 31.7 Å². The summed E-state index contributed by atoms with van der Waals surface area (Å²) in [4.78, 5) is 12.4. The van der Waals surface area contributed by atoms with Gasteiger partial charge in [-0.05, 0) is 37.0 Å². The molecule has 128 valence electrons. The lowest BCUT2D eigenvalue weighted by molar-refractivity contribution is -0.119. The maximum atomic E-state index is 12.4. The fourth-order valence-electron chi connectivity index (χ4n) is 2.79. The van der Waals surface area contributed by atoms with Crippen LogP contribution in [-0.2, 0) is 26.2 Å². The molecule has 1 aromatic carbocycles. The maximum Gasteiger partial charge on any atom is 0.242 e. The molecule has 1 saturated heterocycles. The molecule has 0 radical (unpaired) electrons. The highest BCUT2D eigenvalue weighted by Gasteiger charge is 2.37. The van der Waals surface area contributed by atoms with E-state index in [-0.39, 0.29) is 11.7 Å². The van der Waals surface area contributed by atoms with Crippen molar-refractivity contribution in [1.29, 1.82) is 0 Å². The third-order valence-electron chi connectivity index (χ3n) is 3.86. The van der Waals surface area contributed by atoms with Crippen LogP contribution in [0.15, 0.2) is 24.3 Å². The van der Waals surface area contributed by atoms with Crippen LogP contribution in [0.4, 0.5) is 5.69 Å². The quantitative estimate of drug-likeness (QED) is 0.823. The zero-order valence-corrected chi connectivity index (χ0v) is 14.4. The number of carbonyl (C=O) groups excluding carboxylic acids is 1. The van der Waals surface area contributed by atoms with E-state index in [2.05, 4.69) is 5.32 Å². The highest BCUT2D eigenvalue weighted by Crippen LogP contribution is 2.23. The first kappa shape index (κ1) is 17.9. The first-order chi connectivity index (χ1) is 11.0. The number of rotatable bonds is 7. The molecular weight excluding hydrogens is 316 g/mol. The molecule has 6 nitrogen and oxygen atoms in total. The van der Waals surface area contributed by atoms with Gasteiger partial charge in [0.25, 0.3) is 0 Å². The van der Waals surface area contributed by atoms with Crippen LogP contribution in [0.3, 0.4) is 0 Å². The Morgan fingerprint density at radius 3 is 2.65 bits per heavy atom. The largest absolute Gasteiger partial charge is 0.380 e. The number of carbonyl (C=O) groups is 1. The fourth-order valence-corrected chi connectivity index (χ4v) is 4.53. The molecule has 1 heterocycles. The van der Waals surface area contributed by atoms with Crippen LogP contribution >= 0.6 is 0 Å². The van der Waals surface area contributed by atoms with Crippen molar-refractivity contribution in [2.24, 2.45) is 0 Å². The van der Waals surface area contributed by atoms with E-state index in [0.29, 0.717) is 38.1 Å². The van der Waals surface area contributed by atoms with Crippen molar-refractivity contribution in [3.8, 4) is 0 Å². The van der Waals surface area contributed by atoms with Crippen LogP contribution in [0.5, 0.6) is 0 Å². The summed E-state index contributed by atoms with van der Waals surface area (Å²) in [5, 5.41) is 2.81. The SMILES string of the molecule is CCCS(=O)(=O)N1CCC[C@@H]1C(=O)Nc1ccc(COC)cc1. The van der Waals surface area contributed by atoms with Gasteiger partial charge in [0.05, 0.1) is 12.4 Å². The summed E-state index contributed by atoms with van der Waals surface area (Å²) in [6.07, 6.45) is 1.83. The Balaban J connectivity index is 2.04. The molecule has 1 aromatic rings. The van der Waals surface area contributed by atoms with E-state index in [0.717, 1.165) is 5.56 Å². The first-order valence-corrected chi connectivity index (χ1v) is 9.47. The molecule has 0 aliphatic carbocycles. The van der Waals surface area contributed by atoms with E-state index in [1.165, 1.54) is 4.31 Å². The van der Waals surface area contributed by atoms with Crippen LogP contribution in [0, 0.1) is 0 Å². The second kappa shape index (κ2) is 7.90. The molecular formula is C16H24N2O4S. The third kappa shape index (κ3) is 4.53. The van der Waals surface area contributed by atoms with Crippen molar-refractivity contribution in [2.45, 2.75) is 38.8 Å². The maximum absolute atomic E-state index is 12.4. The molecule has 1 aliphatic rings. The lowest BCUT2D eigenvalue weighted by Gasteiger charge is -2.23. The first-order valence-electron chi connectivity index (χ1n) is 7.86. The summed E-state index contributed by atoms with van der Waals surface area (Å²) in [7, 11) is -1.73. The number of hydrogen-bond donors (Lipinski definition) is 1. The van der Waals surface area contributed by atoms with Gasteiger partial charge in [0.1, 0.15) is 6.04 Å². The summed E-state index contributed by atoms with van der Waals surface area (Å²) < 4.78 is 30.9. The molecule has 7 heteroatoms. The minimum absolute atomic E-state index is 0.0858. The minimum Gasteiger partial charge on any atom is -0.380 e. The Hall–Kier alpha value is -1.44. The average molecular weight is 340 g/mol. The summed E-state index contributed by atoms with van der Waals surface area (Å²) >= 11 is 0. The molecule has 1 fully saturated rings. The molecule has 1 N–H and O–H groups in total. The number of anilines is 1. The number of nitrogens with zero attached hydrogens (tertiary/aromatic N) is 1. The van der Waals surface area contributed by atoms with E-state index in [1.54, 1.807) is 19.2 Å². The highest BCUT2D eigenvalue weighted by atomic mass is 32.2. The number of benzene rings is 1. The molecule has 0 unspecified atom stereocenters. The molecule has 0 spiro atoms. The number of amides is 1. The van der Waals surface area contributed by atoms with E-state index in [9.17, 15) is 13.2 Å². The summed E-state index contributed by atoms with van der Waals surface area (Å²) in [5.41, 5.74) is 1.67. The van der Waals surface area contributed by atoms with Gasteiger partial charge in [0.15, 0.2) is 0 Å². The third-order valence-corrected chi connectivity index (χ3v) is 5.93. The van der Waals surface area contributed by atoms with E-state index in [4.69, 9.17) is 4.74 Å². The van der Waals surface area contributed by atoms with Crippen molar-refractivity contribution >= 4 is 21.6 Å². The number of sulfonamides is 1. The van der Waals surface area contributed by atoms with Gasteiger partial charge in [-0.2, -0.15) is 4.31 Å². The number of methoxy groups -OCH3 is 1. The molecule has 1 aliphatic heterocycles. The van der Waals surface area contributed by atoms with E-state index in [1.807, 2.05) is 19.1 Å². The minimum atomic E-state index is -3.35. The zero-order chi connectivity index (χ0) is 16.9. The second-order valence-electron chi connectivity index (χ2n) is 5.70. The van der Waals surface area contributed by atoms with Crippen LogP contribution < -0.4 is 5.32 Å². The molecule has 1 atom stereocenters. The Morgan fingerprint density at radius 1 is 1.35 bits per heavy atom. The molecule has 2 rings (SSSR count). The summed E-state index contributed by atoms with van der Waals surface area (Å²) in [5.74, 6) is -0.177. The summed E-state index contributed by atoms with van der Waals surface area (Å²) in [6, 6.07) is 6.74. The molecule has 0 aromatic heterocycles. The van der Waals surface area contributed by atoms with Gasteiger partial charge < -0.3 is 10.1 Å². The fraction of sp³-hybridized carbons (Fsp3) is 0.562. The van der Waals surface area contributed by atoms with Gasteiger partial charge in [-0.3, -0.25) is 4.79 Å². The second-order valence-corrected chi connectivity index (χ2v) is 7.75. The lowest BCUT2D eigenvalue weighted by atomic mass is 10.2. The Kier molecular flexibility index (Phi) is 6.15. The van der Waals surface area contributed by atoms with Crippen LogP contribution in [0.25, 0.3) is 0 Å². The zero-order valence-electron chi connectivity index (χ0n) is 13.6. The van der Waals surface area contributed by atoms with Gasteiger partial charge in [0.2, 0.25) is 15.9 Å². The van der Waals surface area contributed by atoms with Crippen molar-refractivity contribution in [2.75, 3.05) is 24.7 Å². The molecule has 1 amide bonds. The Morgan fingerprint density at radius 2 is 2.04 bits per heavy atom. The average Bonchev–Trinajstić information content (AvgIpc) is 3.00. The van der Waals surface area contributed by atoms with Gasteiger partial charge in [-0.1, -0.05) is 19.1 Å². The topological polar surface area (TPSA) is 75.7 Å². The number of nitrogens with one attached hydrogen (secondary N) is 1. The Labute approximate surface area is 137 Å². The van der Waals surface area contributed by atoms with Crippen molar-refractivity contribution in [3.05, 3.63) is 29.8 Å². The predicted molar refractivity (Wildman–Crippen MR) is 89.6 cm³/mol. The normalized spacial score (nSPS) is 19.0. The van der Waals surface area contributed by atoms with Crippen molar-refractivity contribution in [3.63, 3.8) is 0 Å². The van der Waals surface area contributed by atoms with Crippen LogP contribution in [0.2, 0.25) is 0 Å². The molecule has 0 saturated carbocycles. The standard InChI is InChI=1S/C16H24N2O4S/c1-3-11-23(20,21)18-10-4-5-15(18)16(19)17-14-8-6-13(7-9-14)12-22-2/h6-9,15H,3-5,10-12H2,1-2H3,(H,17,19)/t15-/m1/s1. The van der Waals surface area contributed by atoms with E-state index >= 15 is 0 Å².